The lowest BCUT2D eigenvalue weighted by atomic mass is 9.82. The summed E-state index contributed by atoms with van der Waals surface area (Å²) >= 11 is 15.5. The predicted octanol–water partition coefficient (Wildman–Crippen LogP) is 6.56. The molecule has 8 nitrogen and oxygen atoms in total. The van der Waals surface area contributed by atoms with E-state index >= 15 is 0 Å². The number of amides is 3. The van der Waals surface area contributed by atoms with Gasteiger partial charge in [0.15, 0.2) is 5.78 Å². The molecular formula is C31H23BrCl2N2O6. The van der Waals surface area contributed by atoms with Crippen LogP contribution in [0, 0.1) is 11.8 Å². The third kappa shape index (κ3) is 6.04. The molecule has 3 amide bonds. The van der Waals surface area contributed by atoms with Gasteiger partial charge in [0, 0.05) is 15.6 Å². The average molecular weight is 670 g/mol. The fourth-order valence-corrected chi connectivity index (χ4v) is 5.52. The average Bonchev–Trinajstić information content (AvgIpc) is 3.21. The van der Waals surface area contributed by atoms with Crippen molar-refractivity contribution in [3.05, 3.63) is 110 Å². The quantitative estimate of drug-likeness (QED) is 0.0929. The fraction of sp³-hybridized carbons (Fsp3) is 0.194. The number of rotatable bonds is 7. The van der Waals surface area contributed by atoms with Crippen LogP contribution < -0.4 is 4.74 Å². The Morgan fingerprint density at radius 3 is 2.17 bits per heavy atom. The van der Waals surface area contributed by atoms with Crippen LogP contribution in [0.25, 0.3) is 0 Å². The SMILES string of the molecule is CC1=CC[C@H]2C(=O)N(N(CC(=O)c3ccc(OC(=O)c4ccc(Br)cc4)cc3)C(=O)c3ccc(Cl)c(Cl)c3)C(=O)[C@@H]2C1. The summed E-state index contributed by atoms with van der Waals surface area (Å²) in [5, 5.41) is 2.01. The first-order chi connectivity index (χ1) is 20.0. The van der Waals surface area contributed by atoms with Gasteiger partial charge in [-0.2, -0.15) is 5.01 Å². The molecule has 3 aromatic rings. The van der Waals surface area contributed by atoms with E-state index in [9.17, 15) is 24.0 Å². The summed E-state index contributed by atoms with van der Waals surface area (Å²) in [6.45, 7) is 1.29. The second kappa shape index (κ2) is 12.2. The molecule has 2 aliphatic rings. The van der Waals surface area contributed by atoms with Crippen LogP contribution in [0.15, 0.2) is 82.9 Å². The van der Waals surface area contributed by atoms with Crippen molar-refractivity contribution in [3.63, 3.8) is 0 Å². The van der Waals surface area contributed by atoms with Crippen molar-refractivity contribution in [2.45, 2.75) is 19.8 Å². The van der Waals surface area contributed by atoms with Crippen molar-refractivity contribution in [2.75, 3.05) is 6.54 Å². The summed E-state index contributed by atoms with van der Waals surface area (Å²) in [6.07, 6.45) is 2.69. The molecule has 42 heavy (non-hydrogen) atoms. The zero-order valence-electron chi connectivity index (χ0n) is 22.2. The number of ether oxygens (including phenoxy) is 1. The van der Waals surface area contributed by atoms with Crippen LogP contribution in [0.1, 0.15) is 50.8 Å². The number of imide groups is 1. The second-order valence-corrected chi connectivity index (χ2v) is 11.8. The molecule has 1 aliphatic heterocycles. The van der Waals surface area contributed by atoms with Gasteiger partial charge in [-0.05, 0) is 86.5 Å². The zero-order valence-corrected chi connectivity index (χ0v) is 25.3. The van der Waals surface area contributed by atoms with Gasteiger partial charge in [-0.3, -0.25) is 19.2 Å². The molecule has 0 unspecified atom stereocenters. The number of allylic oxidation sites excluding steroid dienone is 2. The highest BCUT2D eigenvalue weighted by atomic mass is 79.9. The number of hydrogen-bond acceptors (Lipinski definition) is 6. The van der Waals surface area contributed by atoms with Crippen LogP contribution >= 0.6 is 39.1 Å². The molecule has 0 N–H and O–H groups in total. The lowest BCUT2D eigenvalue weighted by molar-refractivity contribution is -0.154. The van der Waals surface area contributed by atoms with Crippen LogP contribution in [0.2, 0.25) is 10.0 Å². The monoisotopic (exact) mass is 668 g/mol. The predicted molar refractivity (Wildman–Crippen MR) is 159 cm³/mol. The minimum absolute atomic E-state index is 0.0529. The Morgan fingerprint density at radius 2 is 1.50 bits per heavy atom. The molecule has 1 saturated heterocycles. The molecule has 2 atom stereocenters. The Balaban J connectivity index is 1.38. The van der Waals surface area contributed by atoms with E-state index in [0.29, 0.717) is 18.4 Å². The van der Waals surface area contributed by atoms with E-state index in [1.807, 2.05) is 13.0 Å². The second-order valence-electron chi connectivity index (χ2n) is 10.0. The lowest BCUT2D eigenvalue weighted by Crippen LogP contribution is -2.52. The number of hydrogen-bond donors (Lipinski definition) is 0. The molecule has 1 fully saturated rings. The topological polar surface area (TPSA) is 101 Å². The molecule has 0 saturated carbocycles. The van der Waals surface area contributed by atoms with Crippen molar-refractivity contribution in [2.24, 2.45) is 11.8 Å². The number of halogens is 3. The molecule has 214 valence electrons. The molecule has 5 rings (SSSR count). The number of ketones is 1. The van der Waals surface area contributed by atoms with E-state index in [2.05, 4.69) is 15.9 Å². The first-order valence-electron chi connectivity index (χ1n) is 12.9. The van der Waals surface area contributed by atoms with Gasteiger partial charge in [-0.15, -0.1) is 0 Å². The molecule has 0 aromatic heterocycles. The minimum Gasteiger partial charge on any atom is -0.423 e. The van der Waals surface area contributed by atoms with Gasteiger partial charge in [-0.1, -0.05) is 50.8 Å². The third-order valence-electron chi connectivity index (χ3n) is 7.20. The van der Waals surface area contributed by atoms with E-state index in [1.54, 1.807) is 24.3 Å². The number of benzene rings is 3. The number of fused-ring (bicyclic) bond motifs is 1. The number of Topliss-reactive ketones (excluding diaryl/α,β-unsaturated/α-hetero) is 1. The van der Waals surface area contributed by atoms with E-state index in [-0.39, 0.29) is 26.9 Å². The Kier molecular flexibility index (Phi) is 8.63. The Labute approximate surface area is 259 Å². The maximum atomic E-state index is 13.7. The lowest BCUT2D eigenvalue weighted by Gasteiger charge is -2.30. The molecule has 0 bridgehead atoms. The Morgan fingerprint density at radius 1 is 0.881 bits per heavy atom. The highest BCUT2D eigenvalue weighted by molar-refractivity contribution is 9.10. The van der Waals surface area contributed by atoms with E-state index < -0.39 is 47.9 Å². The zero-order chi connectivity index (χ0) is 30.1. The van der Waals surface area contributed by atoms with Crippen molar-refractivity contribution in [1.29, 1.82) is 0 Å². The largest absolute Gasteiger partial charge is 0.423 e. The Bertz CT molecular complexity index is 1640. The number of esters is 1. The maximum Gasteiger partial charge on any atom is 0.343 e. The van der Waals surface area contributed by atoms with Crippen LogP contribution in [0.4, 0.5) is 0 Å². The summed E-state index contributed by atoms with van der Waals surface area (Å²) in [4.78, 5) is 66.5. The smallest absolute Gasteiger partial charge is 0.343 e. The van der Waals surface area contributed by atoms with Crippen molar-refractivity contribution in [1.82, 2.24) is 10.0 Å². The number of hydrazine groups is 1. The van der Waals surface area contributed by atoms with Gasteiger partial charge >= 0.3 is 5.97 Å². The van der Waals surface area contributed by atoms with E-state index in [4.69, 9.17) is 27.9 Å². The molecule has 3 aromatic carbocycles. The normalized spacial score (nSPS) is 17.9. The van der Waals surface area contributed by atoms with E-state index in [1.165, 1.54) is 42.5 Å². The van der Waals surface area contributed by atoms with Crippen molar-refractivity contribution < 1.29 is 28.7 Å². The van der Waals surface area contributed by atoms with Crippen LogP contribution in [0.3, 0.4) is 0 Å². The van der Waals surface area contributed by atoms with Gasteiger partial charge < -0.3 is 4.74 Å². The minimum atomic E-state index is -0.757. The number of nitrogens with zero attached hydrogens (tertiary/aromatic N) is 2. The Hall–Kier alpha value is -3.79. The molecule has 11 heteroatoms. The van der Waals surface area contributed by atoms with Gasteiger partial charge in [0.05, 0.1) is 27.4 Å². The van der Waals surface area contributed by atoms with Gasteiger partial charge in [-0.25, -0.2) is 9.80 Å². The van der Waals surface area contributed by atoms with Gasteiger partial charge in [0.1, 0.15) is 12.3 Å². The summed E-state index contributed by atoms with van der Waals surface area (Å²) in [6, 6.07) is 16.6. The van der Waals surface area contributed by atoms with Crippen LogP contribution in [0.5, 0.6) is 5.75 Å². The summed E-state index contributed by atoms with van der Waals surface area (Å²) in [5.41, 5.74) is 1.57. The van der Waals surface area contributed by atoms with Crippen LogP contribution in [-0.2, 0) is 9.59 Å². The molecule has 1 aliphatic carbocycles. The molecule has 0 radical (unpaired) electrons. The van der Waals surface area contributed by atoms with E-state index in [0.717, 1.165) is 20.1 Å². The fourth-order valence-electron chi connectivity index (χ4n) is 4.96. The number of carbonyl (C=O) groups is 5. The first kappa shape index (κ1) is 29.7. The number of carbonyl (C=O) groups excluding carboxylic acids is 5. The van der Waals surface area contributed by atoms with Gasteiger partial charge in [0.2, 0.25) is 0 Å². The summed E-state index contributed by atoms with van der Waals surface area (Å²) < 4.78 is 6.21. The summed E-state index contributed by atoms with van der Waals surface area (Å²) in [7, 11) is 0. The molecule has 0 spiro atoms. The molecular weight excluding hydrogens is 647 g/mol. The standard InChI is InChI=1S/C31H23BrCl2N2O6/c1-17-2-12-23-24(14-17)30(40)36(29(23)39)35(28(38)20-7-13-25(33)26(34)15-20)16-27(37)18-5-10-22(11-6-18)42-31(41)19-3-8-21(32)9-4-19/h2-11,13,15,23-24H,12,14,16H2,1H3/t23-,24-/m1/s1. The maximum absolute atomic E-state index is 13.7. The summed E-state index contributed by atoms with van der Waals surface area (Å²) in [5.74, 6) is -3.95. The third-order valence-corrected chi connectivity index (χ3v) is 8.47. The van der Waals surface area contributed by atoms with Crippen molar-refractivity contribution >= 4 is 68.6 Å². The highest BCUT2D eigenvalue weighted by Gasteiger charge is 2.51. The van der Waals surface area contributed by atoms with Gasteiger partial charge in [0.25, 0.3) is 17.7 Å². The van der Waals surface area contributed by atoms with Crippen molar-refractivity contribution in [3.8, 4) is 5.75 Å². The van der Waals surface area contributed by atoms with Crippen LogP contribution in [-0.4, -0.2) is 46.0 Å². The highest BCUT2D eigenvalue weighted by Crippen LogP contribution is 2.39. The molecule has 1 heterocycles. The first-order valence-corrected chi connectivity index (χ1v) is 14.5.